The van der Waals surface area contributed by atoms with Crippen molar-refractivity contribution in [1.29, 1.82) is 0 Å². The SMILES string of the molecule is OC(Cc1cccc(Cl)c1Cl)c1c(F)cccc1F. The zero-order chi connectivity index (χ0) is 14.0. The molecule has 1 nitrogen and oxygen atoms in total. The second-order valence-corrected chi connectivity index (χ2v) is 4.85. The maximum Gasteiger partial charge on any atom is 0.131 e. The topological polar surface area (TPSA) is 20.2 Å². The number of hydrogen-bond acceptors (Lipinski definition) is 1. The van der Waals surface area contributed by atoms with Crippen LogP contribution in [0.4, 0.5) is 8.78 Å². The van der Waals surface area contributed by atoms with Gasteiger partial charge in [-0.3, -0.25) is 0 Å². The van der Waals surface area contributed by atoms with Crippen molar-refractivity contribution in [2.24, 2.45) is 0 Å². The lowest BCUT2D eigenvalue weighted by atomic mass is 10.0. The summed E-state index contributed by atoms with van der Waals surface area (Å²) in [4.78, 5) is 0. The molecule has 19 heavy (non-hydrogen) atoms. The fraction of sp³-hybridized carbons (Fsp3) is 0.143. The van der Waals surface area contributed by atoms with Crippen LogP contribution in [0.3, 0.4) is 0 Å². The second kappa shape index (κ2) is 5.87. The maximum absolute atomic E-state index is 13.5. The molecule has 0 saturated heterocycles. The standard InChI is InChI=1S/C14H10Cl2F2O/c15-9-4-1-3-8(14(9)16)7-12(19)13-10(17)5-2-6-11(13)18/h1-6,12,19H,7H2. The van der Waals surface area contributed by atoms with Crippen LogP contribution in [0.1, 0.15) is 17.2 Å². The van der Waals surface area contributed by atoms with E-state index in [1.807, 2.05) is 0 Å². The molecular weight excluding hydrogens is 293 g/mol. The smallest absolute Gasteiger partial charge is 0.131 e. The summed E-state index contributed by atoms with van der Waals surface area (Å²) < 4.78 is 27.0. The Labute approximate surface area is 119 Å². The Morgan fingerprint density at radius 2 is 1.58 bits per heavy atom. The Morgan fingerprint density at radius 3 is 2.21 bits per heavy atom. The van der Waals surface area contributed by atoms with E-state index in [0.717, 1.165) is 12.1 Å². The fourth-order valence-electron chi connectivity index (χ4n) is 1.85. The molecule has 0 spiro atoms. The quantitative estimate of drug-likeness (QED) is 0.882. The third kappa shape index (κ3) is 3.06. The normalized spacial score (nSPS) is 12.5. The van der Waals surface area contributed by atoms with Crippen LogP contribution >= 0.6 is 23.2 Å². The van der Waals surface area contributed by atoms with Crippen LogP contribution in [0.5, 0.6) is 0 Å². The van der Waals surface area contributed by atoms with Gasteiger partial charge < -0.3 is 5.11 Å². The van der Waals surface area contributed by atoms with Gasteiger partial charge in [-0.05, 0) is 23.8 Å². The van der Waals surface area contributed by atoms with Gasteiger partial charge in [-0.2, -0.15) is 0 Å². The first-order valence-electron chi connectivity index (χ1n) is 5.55. The van der Waals surface area contributed by atoms with Gasteiger partial charge in [-0.1, -0.05) is 41.4 Å². The van der Waals surface area contributed by atoms with Gasteiger partial charge in [0.05, 0.1) is 21.7 Å². The van der Waals surface area contributed by atoms with E-state index in [9.17, 15) is 13.9 Å². The molecule has 2 rings (SSSR count). The summed E-state index contributed by atoms with van der Waals surface area (Å²) in [6.45, 7) is 0. The van der Waals surface area contributed by atoms with Gasteiger partial charge in [0.2, 0.25) is 0 Å². The first-order valence-corrected chi connectivity index (χ1v) is 6.31. The van der Waals surface area contributed by atoms with Crippen LogP contribution in [0.15, 0.2) is 36.4 Å². The lowest BCUT2D eigenvalue weighted by Gasteiger charge is -2.14. The lowest BCUT2D eigenvalue weighted by molar-refractivity contribution is 0.168. The van der Waals surface area contributed by atoms with Crippen LogP contribution < -0.4 is 0 Å². The number of hydrogen-bond donors (Lipinski definition) is 1. The van der Waals surface area contributed by atoms with Gasteiger partial charge in [0.1, 0.15) is 11.6 Å². The molecule has 1 unspecified atom stereocenters. The minimum absolute atomic E-state index is 0.0166. The third-order valence-electron chi connectivity index (χ3n) is 2.78. The molecule has 0 aliphatic carbocycles. The minimum atomic E-state index is -1.32. The first-order chi connectivity index (χ1) is 9.00. The summed E-state index contributed by atoms with van der Waals surface area (Å²) in [7, 11) is 0. The molecule has 0 aliphatic heterocycles. The second-order valence-electron chi connectivity index (χ2n) is 4.07. The fourth-order valence-corrected chi connectivity index (χ4v) is 2.24. The zero-order valence-corrected chi connectivity index (χ0v) is 11.2. The van der Waals surface area contributed by atoms with E-state index >= 15 is 0 Å². The predicted octanol–water partition coefficient (Wildman–Crippen LogP) is 4.55. The van der Waals surface area contributed by atoms with E-state index in [2.05, 4.69) is 0 Å². The van der Waals surface area contributed by atoms with E-state index in [1.54, 1.807) is 18.2 Å². The van der Waals surface area contributed by atoms with Crippen molar-refractivity contribution in [1.82, 2.24) is 0 Å². The van der Waals surface area contributed by atoms with Gasteiger partial charge in [-0.15, -0.1) is 0 Å². The van der Waals surface area contributed by atoms with Crippen molar-refractivity contribution in [3.63, 3.8) is 0 Å². The summed E-state index contributed by atoms with van der Waals surface area (Å²) in [6.07, 6.45) is -1.34. The molecule has 0 amide bonds. The molecule has 5 heteroatoms. The van der Waals surface area contributed by atoms with Crippen LogP contribution in [0, 0.1) is 11.6 Å². The van der Waals surface area contributed by atoms with Crippen molar-refractivity contribution in [2.75, 3.05) is 0 Å². The van der Waals surface area contributed by atoms with Crippen molar-refractivity contribution < 1.29 is 13.9 Å². The van der Waals surface area contributed by atoms with Gasteiger partial charge in [-0.25, -0.2) is 8.78 Å². The number of aliphatic hydroxyl groups excluding tert-OH is 1. The van der Waals surface area contributed by atoms with E-state index in [1.165, 1.54) is 6.07 Å². The summed E-state index contributed by atoms with van der Waals surface area (Å²) >= 11 is 11.8. The molecule has 1 N–H and O–H groups in total. The molecule has 0 aromatic heterocycles. The monoisotopic (exact) mass is 302 g/mol. The summed E-state index contributed by atoms with van der Waals surface area (Å²) in [6, 6.07) is 8.35. The number of aliphatic hydroxyl groups is 1. The van der Waals surface area contributed by atoms with E-state index in [-0.39, 0.29) is 17.0 Å². The Balaban J connectivity index is 2.31. The van der Waals surface area contributed by atoms with Crippen molar-refractivity contribution in [3.8, 4) is 0 Å². The highest BCUT2D eigenvalue weighted by Gasteiger charge is 2.19. The summed E-state index contributed by atoms with van der Waals surface area (Å²) in [5, 5.41) is 10.6. The molecule has 2 aromatic rings. The van der Waals surface area contributed by atoms with Crippen molar-refractivity contribution in [3.05, 3.63) is 69.2 Å². The number of benzene rings is 2. The number of rotatable bonds is 3. The third-order valence-corrected chi connectivity index (χ3v) is 3.64. The minimum Gasteiger partial charge on any atom is -0.388 e. The summed E-state index contributed by atoms with van der Waals surface area (Å²) in [5.74, 6) is -1.57. The maximum atomic E-state index is 13.5. The molecule has 0 saturated carbocycles. The first kappa shape index (κ1) is 14.3. The van der Waals surface area contributed by atoms with E-state index in [4.69, 9.17) is 23.2 Å². The molecule has 100 valence electrons. The number of halogens is 4. The largest absolute Gasteiger partial charge is 0.388 e. The Bertz CT molecular complexity index is 582. The highest BCUT2D eigenvalue weighted by atomic mass is 35.5. The molecule has 0 radical (unpaired) electrons. The molecule has 0 bridgehead atoms. The molecular formula is C14H10Cl2F2O. The molecule has 1 atom stereocenters. The highest BCUT2D eigenvalue weighted by molar-refractivity contribution is 6.42. The van der Waals surface area contributed by atoms with Gasteiger partial charge >= 0.3 is 0 Å². The zero-order valence-electron chi connectivity index (χ0n) is 9.71. The molecule has 2 aromatic carbocycles. The van der Waals surface area contributed by atoms with Gasteiger partial charge in [0, 0.05) is 6.42 Å². The Kier molecular flexibility index (Phi) is 4.40. The Morgan fingerprint density at radius 1 is 1.00 bits per heavy atom. The van der Waals surface area contributed by atoms with Crippen LogP contribution in [-0.2, 0) is 6.42 Å². The van der Waals surface area contributed by atoms with Crippen molar-refractivity contribution >= 4 is 23.2 Å². The van der Waals surface area contributed by atoms with E-state index < -0.39 is 17.7 Å². The molecule has 0 heterocycles. The Hall–Kier alpha value is -1.16. The lowest BCUT2D eigenvalue weighted by Crippen LogP contribution is -2.07. The van der Waals surface area contributed by atoms with Crippen LogP contribution in [0.2, 0.25) is 10.0 Å². The molecule has 0 fully saturated rings. The van der Waals surface area contributed by atoms with Gasteiger partial charge in [0.25, 0.3) is 0 Å². The van der Waals surface area contributed by atoms with Crippen LogP contribution in [0.25, 0.3) is 0 Å². The average molecular weight is 303 g/mol. The van der Waals surface area contributed by atoms with Gasteiger partial charge in [0.15, 0.2) is 0 Å². The molecule has 0 aliphatic rings. The van der Waals surface area contributed by atoms with E-state index in [0.29, 0.717) is 10.6 Å². The highest BCUT2D eigenvalue weighted by Crippen LogP contribution is 2.30. The van der Waals surface area contributed by atoms with Crippen LogP contribution in [-0.4, -0.2) is 5.11 Å². The van der Waals surface area contributed by atoms with Crippen molar-refractivity contribution in [2.45, 2.75) is 12.5 Å². The average Bonchev–Trinajstić information content (AvgIpc) is 2.35. The summed E-state index contributed by atoms with van der Waals surface area (Å²) in [5.41, 5.74) is 0.169. The predicted molar refractivity (Wildman–Crippen MR) is 71.5 cm³/mol.